The Bertz CT molecular complexity index is 1970. The van der Waals surface area contributed by atoms with Crippen LogP contribution >= 0.6 is 0 Å². The largest absolute Gasteiger partial charge is 0.471 e. The first-order valence-corrected chi connectivity index (χ1v) is 22.3. The number of carbonyl (C=O) groups excluding carboxylic acids is 4. The van der Waals surface area contributed by atoms with E-state index in [0.717, 1.165) is 76.1 Å². The fourth-order valence-electron chi connectivity index (χ4n) is 9.72. The smallest absolute Gasteiger partial charge is 0.408 e. The van der Waals surface area contributed by atoms with Gasteiger partial charge in [-0.3, -0.25) is 19.1 Å². The number of nitrogens with zero attached hydrogens (tertiary/aromatic N) is 3. The summed E-state index contributed by atoms with van der Waals surface area (Å²) in [4.78, 5) is 68.2. The maximum absolute atomic E-state index is 14.9. The fourth-order valence-corrected chi connectivity index (χ4v) is 11.1. The molecule has 14 nitrogen and oxygen atoms in total. The van der Waals surface area contributed by atoms with E-state index in [9.17, 15) is 27.6 Å². The van der Waals surface area contributed by atoms with Crippen molar-refractivity contribution >= 4 is 44.9 Å². The highest BCUT2D eigenvalue weighted by molar-refractivity contribution is 7.91. The van der Waals surface area contributed by atoms with Crippen molar-refractivity contribution in [2.45, 2.75) is 144 Å². The van der Waals surface area contributed by atoms with Crippen LogP contribution in [0.2, 0.25) is 0 Å². The Morgan fingerprint density at radius 2 is 1.61 bits per heavy atom. The summed E-state index contributed by atoms with van der Waals surface area (Å²) in [6.45, 7) is 3.90. The lowest BCUT2D eigenvalue weighted by Gasteiger charge is -2.47. The second kappa shape index (κ2) is 15.9. The molecule has 7 atom stereocenters. The lowest BCUT2D eigenvalue weighted by molar-refractivity contribution is -0.145. The number of ether oxygens (including phenoxy) is 2. The van der Waals surface area contributed by atoms with Crippen molar-refractivity contribution in [3.63, 3.8) is 0 Å². The molecule has 0 radical (unpaired) electrons. The molecule has 1 saturated heterocycles. The van der Waals surface area contributed by atoms with Gasteiger partial charge < -0.3 is 25.0 Å². The maximum Gasteiger partial charge on any atom is 0.408 e. The molecule has 302 valence electrons. The van der Waals surface area contributed by atoms with Crippen molar-refractivity contribution in [2.24, 2.45) is 17.8 Å². The molecule has 4 aliphatic carbocycles. The number of benzene rings is 1. The Kier molecular flexibility index (Phi) is 11.0. The predicted octanol–water partition coefficient (Wildman–Crippen LogP) is 4.61. The first-order valence-electron chi connectivity index (χ1n) is 20.7. The van der Waals surface area contributed by atoms with Gasteiger partial charge in [0.05, 0.1) is 22.8 Å². The number of hydrogen-bond acceptors (Lipinski definition) is 10. The molecule has 4 saturated carbocycles. The number of alkyl carbamates (subject to hydrolysis) is 1. The van der Waals surface area contributed by atoms with E-state index in [2.05, 4.69) is 21.9 Å². The van der Waals surface area contributed by atoms with Crippen molar-refractivity contribution in [2.75, 3.05) is 6.54 Å². The van der Waals surface area contributed by atoms with Crippen LogP contribution in [-0.2, 0) is 35.6 Å². The zero-order valence-corrected chi connectivity index (χ0v) is 32.8. The number of hydrogen-bond donors (Lipinski definition) is 3. The topological polar surface area (TPSA) is 186 Å². The number of rotatable bonds is 7. The molecule has 7 unspecified atom stereocenters. The van der Waals surface area contributed by atoms with E-state index in [4.69, 9.17) is 19.4 Å². The third kappa shape index (κ3) is 7.84. The number of fused-ring (bicyclic) bond motifs is 5. The minimum atomic E-state index is -3.90. The molecule has 56 heavy (non-hydrogen) atoms. The minimum Gasteiger partial charge on any atom is -0.471 e. The van der Waals surface area contributed by atoms with Crippen LogP contribution in [-0.4, -0.2) is 88.7 Å². The fraction of sp³-hybridized carbons (Fsp3) is 0.659. The standard InChI is InChI=1S/C41H54N6O8S/c1-2-27-21-22-41(27,39(50)46-56(52,53)29-19-20-29)45-36(48)33-23-28-24-47(33)38(49)35(26-12-6-7-13-26)44-40(51)55-34-18-10-14-25(34)11-4-3-5-17-32-37(54-28)43-31-16-9-8-15-30(31)42-32/h2,8-9,15-16,25-29,33-35H,1,3-7,10-14,17-24H2,(H,44,51)(H,45,48)(H,46,50). The summed E-state index contributed by atoms with van der Waals surface area (Å²) >= 11 is 0. The van der Waals surface area contributed by atoms with Gasteiger partial charge in [0, 0.05) is 12.3 Å². The average molecular weight is 791 g/mol. The van der Waals surface area contributed by atoms with Crippen LogP contribution in [0.1, 0.15) is 108 Å². The second-order valence-corrected chi connectivity index (χ2v) is 18.8. The predicted molar refractivity (Wildman–Crippen MR) is 207 cm³/mol. The van der Waals surface area contributed by atoms with E-state index in [1.54, 1.807) is 6.08 Å². The summed E-state index contributed by atoms with van der Waals surface area (Å²) < 4.78 is 40.7. The molecule has 6 aliphatic rings. The SMILES string of the molecule is C=CC1CCC1(NC(=O)C1CC2CN1C(=O)C(C1CCCC1)NC(=O)OC1CCCC1CCCCCc1nc3ccccc3nc1O2)C(=O)NS(=O)(=O)C1CC1. The average Bonchev–Trinajstić information content (AvgIpc) is 3.51. The maximum atomic E-state index is 14.9. The molecule has 1 aromatic carbocycles. The van der Waals surface area contributed by atoms with E-state index < -0.39 is 68.7 Å². The Morgan fingerprint density at radius 3 is 2.32 bits per heavy atom. The number of nitrogens with one attached hydrogen (secondary N) is 3. The van der Waals surface area contributed by atoms with Gasteiger partial charge in [-0.15, -0.1) is 6.58 Å². The summed E-state index contributed by atoms with van der Waals surface area (Å²) in [6, 6.07) is 5.57. The lowest BCUT2D eigenvalue weighted by atomic mass is 9.66. The van der Waals surface area contributed by atoms with Crippen molar-refractivity contribution in [1.82, 2.24) is 30.2 Å². The van der Waals surface area contributed by atoms with Gasteiger partial charge >= 0.3 is 6.09 Å². The van der Waals surface area contributed by atoms with E-state index in [1.807, 2.05) is 24.3 Å². The van der Waals surface area contributed by atoms with Crippen LogP contribution in [0.25, 0.3) is 11.0 Å². The van der Waals surface area contributed by atoms with Gasteiger partial charge in [-0.25, -0.2) is 23.2 Å². The molecule has 2 aliphatic heterocycles. The van der Waals surface area contributed by atoms with Crippen LogP contribution in [0.15, 0.2) is 36.9 Å². The van der Waals surface area contributed by atoms with Crippen molar-refractivity contribution in [3.8, 4) is 5.88 Å². The molecular weight excluding hydrogens is 737 g/mol. The Balaban J connectivity index is 1.13. The number of aromatic nitrogens is 2. The van der Waals surface area contributed by atoms with Crippen molar-refractivity contribution in [1.29, 1.82) is 0 Å². The Hall–Kier alpha value is -4.27. The van der Waals surface area contributed by atoms with Crippen LogP contribution in [0.5, 0.6) is 5.88 Å². The number of carbonyl (C=O) groups is 4. The van der Waals surface area contributed by atoms with Gasteiger partial charge in [-0.2, -0.15) is 0 Å². The van der Waals surface area contributed by atoms with Crippen molar-refractivity contribution in [3.05, 3.63) is 42.6 Å². The molecule has 8 rings (SSSR count). The highest BCUT2D eigenvalue weighted by atomic mass is 32.2. The van der Waals surface area contributed by atoms with Crippen molar-refractivity contribution < 1.29 is 37.1 Å². The summed E-state index contributed by atoms with van der Waals surface area (Å²) in [5.41, 5.74) is 0.578. The highest BCUT2D eigenvalue weighted by Gasteiger charge is 2.56. The van der Waals surface area contributed by atoms with E-state index in [0.29, 0.717) is 42.8 Å². The monoisotopic (exact) mass is 790 g/mol. The summed E-state index contributed by atoms with van der Waals surface area (Å²) in [5, 5.41) is 5.25. The molecule has 3 heterocycles. The molecule has 4 amide bonds. The molecule has 2 aromatic rings. The third-order valence-corrected chi connectivity index (χ3v) is 15.0. The Labute approximate surface area is 328 Å². The van der Waals surface area contributed by atoms with Gasteiger partial charge in [-0.05, 0) is 101 Å². The molecule has 2 bridgehead atoms. The zero-order chi connectivity index (χ0) is 39.0. The number of para-hydroxylation sites is 2. The molecule has 5 fully saturated rings. The van der Waals surface area contributed by atoms with Crippen LogP contribution in [0, 0.1) is 17.8 Å². The van der Waals surface area contributed by atoms with Gasteiger partial charge in [0.2, 0.25) is 27.7 Å². The van der Waals surface area contributed by atoms with Gasteiger partial charge in [0.25, 0.3) is 5.91 Å². The molecule has 3 N–H and O–H groups in total. The second-order valence-electron chi connectivity index (χ2n) is 16.9. The first-order chi connectivity index (χ1) is 27.0. The first kappa shape index (κ1) is 38.6. The van der Waals surface area contributed by atoms with E-state index in [1.165, 1.54) is 4.90 Å². The van der Waals surface area contributed by atoms with Gasteiger partial charge in [0.15, 0.2) is 0 Å². The summed E-state index contributed by atoms with van der Waals surface area (Å²) in [6.07, 6.45) is 12.3. The van der Waals surface area contributed by atoms with Gasteiger partial charge in [0.1, 0.15) is 35.5 Å². The Morgan fingerprint density at radius 1 is 0.893 bits per heavy atom. The van der Waals surface area contributed by atoms with Gasteiger partial charge in [-0.1, -0.05) is 43.9 Å². The normalized spacial score (nSPS) is 31.8. The summed E-state index contributed by atoms with van der Waals surface area (Å²) in [5.74, 6) is -1.88. The third-order valence-electron chi connectivity index (χ3n) is 13.2. The minimum absolute atomic E-state index is 0.0235. The number of amides is 4. The van der Waals surface area contributed by atoms with Crippen LogP contribution in [0.4, 0.5) is 4.79 Å². The molecule has 1 aromatic heterocycles. The molecular formula is C41H54N6O8S. The zero-order valence-electron chi connectivity index (χ0n) is 32.0. The quantitative estimate of drug-likeness (QED) is 0.335. The van der Waals surface area contributed by atoms with E-state index in [-0.39, 0.29) is 37.3 Å². The summed E-state index contributed by atoms with van der Waals surface area (Å²) in [7, 11) is -3.90. The number of aryl methyl sites for hydroxylation is 1. The lowest BCUT2D eigenvalue weighted by Crippen LogP contribution is -2.70. The molecule has 0 spiro atoms. The molecule has 15 heteroatoms. The number of sulfonamides is 1. The van der Waals surface area contributed by atoms with Crippen LogP contribution in [0.3, 0.4) is 0 Å². The van der Waals surface area contributed by atoms with Crippen LogP contribution < -0.4 is 20.1 Å². The van der Waals surface area contributed by atoms with E-state index >= 15 is 0 Å². The highest BCUT2D eigenvalue weighted by Crippen LogP contribution is 2.42.